The monoisotopic (exact) mass is 776 g/mol. The summed E-state index contributed by atoms with van der Waals surface area (Å²) in [5, 5.41) is 5.59. The van der Waals surface area contributed by atoms with Crippen molar-refractivity contribution in [3.63, 3.8) is 0 Å². The van der Waals surface area contributed by atoms with E-state index in [0.717, 1.165) is 83.7 Å². The third kappa shape index (κ3) is 6.32. The van der Waals surface area contributed by atoms with Gasteiger partial charge in [0.1, 0.15) is 0 Å². The molecule has 7 aromatic carbocycles. The van der Waals surface area contributed by atoms with Crippen molar-refractivity contribution >= 4 is 66.6 Å². The van der Waals surface area contributed by atoms with Crippen LogP contribution in [0.1, 0.15) is 102 Å². The van der Waals surface area contributed by atoms with Gasteiger partial charge in [-0.15, -0.1) is 11.6 Å². The average molecular weight is 777 g/mol. The molecule has 4 nitrogen and oxygen atoms in total. The first kappa shape index (κ1) is 36.4. The molecule has 9 heteroatoms. The van der Waals surface area contributed by atoms with Crippen molar-refractivity contribution in [2.75, 3.05) is 0 Å². The summed E-state index contributed by atoms with van der Waals surface area (Å²) in [6.45, 7) is 2.18. The molecule has 0 atom stereocenters. The second-order valence-electron chi connectivity index (χ2n) is 15.6. The molecule has 284 valence electrons. The summed E-state index contributed by atoms with van der Waals surface area (Å²) in [7, 11) is 0. The molecule has 2 aliphatic carbocycles. The molecule has 0 aliphatic heterocycles. The number of alkyl halides is 1. The minimum absolute atomic E-state index is 0.0217. The molecule has 7 aromatic rings. The van der Waals surface area contributed by atoms with Gasteiger partial charge in [0, 0.05) is 5.38 Å². The van der Waals surface area contributed by atoms with Gasteiger partial charge in [0.2, 0.25) is 11.5 Å². The van der Waals surface area contributed by atoms with Gasteiger partial charge in [-0.2, -0.15) is 0 Å². The average Bonchev–Trinajstić information content (AvgIpc) is 3.19. The van der Waals surface area contributed by atoms with E-state index in [9.17, 15) is 9.59 Å². The van der Waals surface area contributed by atoms with E-state index in [4.69, 9.17) is 21.1 Å². The lowest BCUT2D eigenvalue weighted by molar-refractivity contribution is 0.0713. The summed E-state index contributed by atoms with van der Waals surface area (Å²) in [5.41, 5.74) is 1.35. The summed E-state index contributed by atoms with van der Waals surface area (Å²) in [4.78, 5) is 27.4. The van der Waals surface area contributed by atoms with Gasteiger partial charge in [0.25, 0.3) is 0 Å². The fourth-order valence-corrected chi connectivity index (χ4v) is 9.42. The minimum Gasteiger partial charge on any atom is -0.417 e. The predicted molar refractivity (Wildman–Crippen MR) is 212 cm³/mol. The first-order valence-electron chi connectivity index (χ1n) is 19.2. The Morgan fingerprint density at radius 3 is 1.29 bits per heavy atom. The van der Waals surface area contributed by atoms with Gasteiger partial charge >= 0.3 is 11.9 Å². The lowest BCUT2D eigenvalue weighted by Gasteiger charge is -2.26. The number of hydrogen-bond acceptors (Lipinski definition) is 4. The second-order valence-corrected chi connectivity index (χ2v) is 16.2. The van der Waals surface area contributed by atoms with Crippen LogP contribution in [0.15, 0.2) is 84.9 Å². The molecule has 0 N–H and O–H groups in total. The van der Waals surface area contributed by atoms with Crippen LogP contribution in [0.4, 0.5) is 17.6 Å². The van der Waals surface area contributed by atoms with Crippen molar-refractivity contribution in [1.82, 2.24) is 0 Å². The Balaban J connectivity index is 1.05. The highest BCUT2D eigenvalue weighted by Gasteiger charge is 2.28. The summed E-state index contributed by atoms with van der Waals surface area (Å²) >= 11 is 6.22. The number of carbonyl (C=O) groups is 2. The molecule has 0 bridgehead atoms. The van der Waals surface area contributed by atoms with E-state index < -0.39 is 46.7 Å². The summed E-state index contributed by atoms with van der Waals surface area (Å²) in [6, 6.07) is 22.5. The first-order chi connectivity index (χ1) is 27.0. The Morgan fingerprint density at radius 1 is 0.518 bits per heavy atom. The molecular formula is C47H37ClF4O4. The fraction of sp³-hybridized carbons (Fsp3) is 0.277. The van der Waals surface area contributed by atoms with Gasteiger partial charge in [-0.1, -0.05) is 68.3 Å². The highest BCUT2D eigenvalue weighted by molar-refractivity contribution is 6.35. The van der Waals surface area contributed by atoms with Crippen LogP contribution in [-0.2, 0) is 0 Å². The molecule has 0 spiro atoms. The van der Waals surface area contributed by atoms with Crippen LogP contribution in [0.25, 0.3) is 43.1 Å². The quantitative estimate of drug-likeness (QED) is 0.0421. The minimum atomic E-state index is -0.948. The van der Waals surface area contributed by atoms with E-state index in [0.29, 0.717) is 27.8 Å². The molecule has 56 heavy (non-hydrogen) atoms. The van der Waals surface area contributed by atoms with E-state index in [2.05, 4.69) is 6.92 Å². The SMILES string of the molecule is CC1CCC(c2cc(F)c(OC(=O)c3ccc4c5cccc6c(C(=O)Oc7c(F)cc(C8CCC(Cl)CC8)cc7F)ccc(c7cccc3c47)c65)c(F)c2)CC1. The van der Waals surface area contributed by atoms with Gasteiger partial charge < -0.3 is 9.47 Å². The van der Waals surface area contributed by atoms with Gasteiger partial charge in [0.15, 0.2) is 23.3 Å². The first-order valence-corrected chi connectivity index (χ1v) is 19.7. The Bertz CT molecular complexity index is 2440. The fourth-order valence-electron chi connectivity index (χ4n) is 9.17. The zero-order chi connectivity index (χ0) is 38.8. The third-order valence-corrected chi connectivity index (χ3v) is 12.6. The molecular weight excluding hydrogens is 740 g/mol. The van der Waals surface area contributed by atoms with Crippen molar-refractivity contribution in [3.8, 4) is 11.5 Å². The predicted octanol–water partition coefficient (Wildman–Crippen LogP) is 13.3. The zero-order valence-electron chi connectivity index (χ0n) is 30.6. The van der Waals surface area contributed by atoms with Crippen molar-refractivity contribution in [1.29, 1.82) is 0 Å². The number of esters is 2. The standard InChI is InChI=1S/C47H37ClF4O4/c1-24-8-10-25(11-9-24)27-20-38(49)44(39(50)21-27)55-46(53)36-18-16-34-31-5-3-7-33-37(19-17-35(43(31)33)30-4-2-6-32(36)42(30)34)47(54)56-45-40(51)22-28(23-41(45)52)26-12-14-29(48)15-13-26/h2-7,16-26,29H,8-15H2,1H3. The van der Waals surface area contributed by atoms with Crippen LogP contribution in [0.3, 0.4) is 0 Å². The number of rotatable bonds is 6. The van der Waals surface area contributed by atoms with Crippen LogP contribution in [-0.4, -0.2) is 17.3 Å². The molecule has 2 fully saturated rings. The largest absolute Gasteiger partial charge is 0.417 e. The topological polar surface area (TPSA) is 52.6 Å². The molecule has 0 radical (unpaired) electrons. The maximum atomic E-state index is 15.4. The molecule has 0 heterocycles. The van der Waals surface area contributed by atoms with Crippen molar-refractivity contribution < 1.29 is 36.6 Å². The number of ether oxygens (including phenoxy) is 2. The lowest BCUT2D eigenvalue weighted by Crippen LogP contribution is -2.15. The molecule has 0 saturated heterocycles. The van der Waals surface area contributed by atoms with Gasteiger partial charge in [-0.05, 0) is 147 Å². The summed E-state index contributed by atoms with van der Waals surface area (Å²) in [5.74, 6) is -6.41. The molecule has 2 aliphatic rings. The number of fused-ring (bicyclic) bond motifs is 2. The Hall–Kier alpha value is -5.21. The van der Waals surface area contributed by atoms with Crippen molar-refractivity contribution in [2.45, 2.75) is 75.5 Å². The van der Waals surface area contributed by atoms with Crippen molar-refractivity contribution in [2.24, 2.45) is 5.92 Å². The second kappa shape index (κ2) is 14.4. The molecule has 9 rings (SSSR count). The molecule has 0 unspecified atom stereocenters. The Kier molecular flexibility index (Phi) is 9.35. The Morgan fingerprint density at radius 2 is 0.875 bits per heavy atom. The van der Waals surface area contributed by atoms with E-state index in [1.807, 2.05) is 12.1 Å². The number of benzene rings is 7. The maximum Gasteiger partial charge on any atom is 0.344 e. The van der Waals surface area contributed by atoms with Crippen molar-refractivity contribution in [3.05, 3.63) is 130 Å². The number of halogens is 5. The smallest absolute Gasteiger partial charge is 0.344 e. The van der Waals surface area contributed by atoms with Gasteiger partial charge in [-0.3, -0.25) is 0 Å². The van der Waals surface area contributed by atoms with Gasteiger partial charge in [-0.25, -0.2) is 27.2 Å². The highest BCUT2D eigenvalue weighted by atomic mass is 35.5. The molecule has 0 amide bonds. The Labute approximate surface area is 325 Å². The summed E-state index contributed by atoms with van der Waals surface area (Å²) in [6.07, 6.45) is 6.68. The van der Waals surface area contributed by atoms with E-state index in [1.165, 1.54) is 24.3 Å². The van der Waals surface area contributed by atoms with Crippen LogP contribution in [0, 0.1) is 29.2 Å². The normalized spacial score (nSPS) is 20.2. The van der Waals surface area contributed by atoms with Crippen LogP contribution in [0.5, 0.6) is 11.5 Å². The van der Waals surface area contributed by atoms with Crippen LogP contribution < -0.4 is 9.47 Å². The third-order valence-electron chi connectivity index (χ3n) is 12.1. The number of hydrogen-bond donors (Lipinski definition) is 0. The highest BCUT2D eigenvalue weighted by Crippen LogP contribution is 2.44. The molecule has 2 saturated carbocycles. The lowest BCUT2D eigenvalue weighted by atomic mass is 9.79. The molecule has 0 aromatic heterocycles. The zero-order valence-corrected chi connectivity index (χ0v) is 31.3. The maximum absolute atomic E-state index is 15.4. The van der Waals surface area contributed by atoms with Crippen LogP contribution >= 0.6 is 11.6 Å². The van der Waals surface area contributed by atoms with E-state index in [-0.39, 0.29) is 28.3 Å². The summed E-state index contributed by atoms with van der Waals surface area (Å²) < 4.78 is 72.3. The number of carbonyl (C=O) groups excluding carboxylic acids is 2. The van der Waals surface area contributed by atoms with E-state index in [1.54, 1.807) is 48.5 Å². The van der Waals surface area contributed by atoms with Gasteiger partial charge in [0.05, 0.1) is 11.1 Å². The van der Waals surface area contributed by atoms with E-state index >= 15 is 17.6 Å². The van der Waals surface area contributed by atoms with Crippen LogP contribution in [0.2, 0.25) is 0 Å².